The van der Waals surface area contributed by atoms with E-state index in [9.17, 15) is 27.9 Å². The lowest BCUT2D eigenvalue weighted by Gasteiger charge is -2.38. The minimum atomic E-state index is -3.99. The van der Waals surface area contributed by atoms with Gasteiger partial charge in [-0.3, -0.25) is 14.4 Å². The average Bonchev–Trinajstić information content (AvgIpc) is 3.06. The molecule has 0 aliphatic heterocycles. The first-order chi connectivity index (χ1) is 22.8. The molecule has 4 rings (SSSR count). The monoisotopic (exact) mass is 673 g/mol. The predicted octanol–water partition coefficient (Wildman–Crippen LogP) is 3.42. The Bertz CT molecular complexity index is 1820. The molecule has 48 heavy (non-hydrogen) atoms. The number of pyridine rings is 1. The zero-order valence-corrected chi connectivity index (χ0v) is 28.2. The summed E-state index contributed by atoms with van der Waals surface area (Å²) in [6.45, 7) is 5.42. The van der Waals surface area contributed by atoms with Gasteiger partial charge in [0.25, 0.3) is 5.91 Å². The van der Waals surface area contributed by atoms with Gasteiger partial charge in [0.2, 0.25) is 21.8 Å². The molecule has 0 saturated carbocycles. The standard InChI is InChI=1S/C36H43N5O6S/c1-25(2)20-21-41(48(46,47)28-15-8-5-9-16-28)24-32(42)36(3,23-26-12-6-4-7-13-26)40-33(43)22-31(34(37)44)39-35(45)30-19-18-27-14-10-11-17-29(27)38-30/h4-19,25,31-32,42H,20-24H2,1-3H3,(H2,37,44)(H,39,45)(H,40,43)/t31-,32+,36?/m0/s1. The maximum Gasteiger partial charge on any atom is 0.270 e. The van der Waals surface area contributed by atoms with E-state index in [0.717, 1.165) is 10.9 Å². The molecule has 0 fully saturated rings. The number of carbonyl (C=O) groups excluding carboxylic acids is 3. The molecule has 0 bridgehead atoms. The molecule has 0 saturated heterocycles. The maximum atomic E-state index is 13.7. The summed E-state index contributed by atoms with van der Waals surface area (Å²) in [5.74, 6) is -2.10. The summed E-state index contributed by atoms with van der Waals surface area (Å²) in [5.41, 5.74) is 5.61. The van der Waals surface area contributed by atoms with Crippen LogP contribution in [0.15, 0.2) is 102 Å². The van der Waals surface area contributed by atoms with Crippen molar-refractivity contribution in [2.75, 3.05) is 13.1 Å². The second-order valence-corrected chi connectivity index (χ2v) is 14.5. The molecule has 0 aliphatic rings. The number of aliphatic hydroxyl groups is 1. The van der Waals surface area contributed by atoms with Crippen molar-refractivity contribution in [1.82, 2.24) is 19.9 Å². The Labute approximate surface area is 281 Å². The zero-order valence-electron chi connectivity index (χ0n) is 27.4. The van der Waals surface area contributed by atoms with Crippen molar-refractivity contribution in [2.24, 2.45) is 11.7 Å². The van der Waals surface area contributed by atoms with Crippen LogP contribution in [0, 0.1) is 5.92 Å². The Morgan fingerprint density at radius 2 is 1.54 bits per heavy atom. The fourth-order valence-corrected chi connectivity index (χ4v) is 6.80. The van der Waals surface area contributed by atoms with Crippen LogP contribution >= 0.6 is 0 Å². The van der Waals surface area contributed by atoms with Crippen LogP contribution in [0.5, 0.6) is 0 Å². The third-order valence-corrected chi connectivity index (χ3v) is 10.0. The number of primary amides is 1. The van der Waals surface area contributed by atoms with Crippen LogP contribution in [0.2, 0.25) is 0 Å². The highest BCUT2D eigenvalue weighted by Gasteiger charge is 2.39. The smallest absolute Gasteiger partial charge is 0.270 e. The number of nitrogens with zero attached hydrogens (tertiary/aromatic N) is 2. The van der Waals surface area contributed by atoms with Crippen LogP contribution in [0.1, 0.15) is 49.7 Å². The van der Waals surface area contributed by atoms with Crippen LogP contribution in [-0.2, 0) is 26.0 Å². The molecule has 12 heteroatoms. The first-order valence-electron chi connectivity index (χ1n) is 15.8. The third-order valence-electron chi connectivity index (χ3n) is 8.16. The molecule has 0 radical (unpaired) electrons. The van der Waals surface area contributed by atoms with E-state index >= 15 is 0 Å². The number of nitrogens with two attached hydrogens (primary N) is 1. The van der Waals surface area contributed by atoms with Crippen molar-refractivity contribution >= 4 is 38.6 Å². The number of sulfonamides is 1. The summed E-state index contributed by atoms with van der Waals surface area (Å²) in [6, 6.07) is 26.2. The van der Waals surface area contributed by atoms with E-state index in [1.54, 1.807) is 43.3 Å². The minimum absolute atomic E-state index is 0.0470. The Hall–Kier alpha value is -4.65. The molecule has 3 amide bonds. The fourth-order valence-electron chi connectivity index (χ4n) is 5.32. The Morgan fingerprint density at radius 3 is 2.19 bits per heavy atom. The van der Waals surface area contributed by atoms with Crippen molar-refractivity contribution in [3.8, 4) is 0 Å². The van der Waals surface area contributed by atoms with Crippen molar-refractivity contribution in [2.45, 2.75) is 62.6 Å². The van der Waals surface area contributed by atoms with Gasteiger partial charge in [-0.1, -0.05) is 86.6 Å². The largest absolute Gasteiger partial charge is 0.389 e. The molecular formula is C36H43N5O6S. The van der Waals surface area contributed by atoms with Gasteiger partial charge in [0.05, 0.1) is 28.5 Å². The molecule has 1 heterocycles. The Balaban J connectivity index is 1.56. The summed E-state index contributed by atoms with van der Waals surface area (Å²) in [4.78, 5) is 43.4. The van der Waals surface area contributed by atoms with Gasteiger partial charge in [-0.25, -0.2) is 13.4 Å². The Morgan fingerprint density at radius 1 is 0.917 bits per heavy atom. The Kier molecular flexibility index (Phi) is 12.0. The molecule has 4 aromatic rings. The average molecular weight is 674 g/mol. The van der Waals surface area contributed by atoms with Crippen LogP contribution in [0.4, 0.5) is 0 Å². The van der Waals surface area contributed by atoms with Crippen LogP contribution in [0.25, 0.3) is 10.9 Å². The molecule has 254 valence electrons. The second kappa shape index (κ2) is 16.0. The topological polar surface area (TPSA) is 172 Å². The predicted molar refractivity (Wildman–Crippen MR) is 184 cm³/mol. The minimum Gasteiger partial charge on any atom is -0.389 e. The number of aliphatic hydroxyl groups excluding tert-OH is 1. The van der Waals surface area contributed by atoms with Crippen LogP contribution in [-0.4, -0.2) is 71.3 Å². The van der Waals surface area contributed by atoms with Gasteiger partial charge < -0.3 is 21.5 Å². The summed E-state index contributed by atoms with van der Waals surface area (Å²) in [5, 5.41) is 17.9. The molecular weight excluding hydrogens is 630 g/mol. The van der Waals surface area contributed by atoms with Crippen LogP contribution < -0.4 is 16.4 Å². The van der Waals surface area contributed by atoms with Gasteiger partial charge in [0.1, 0.15) is 11.7 Å². The number of rotatable bonds is 16. The number of aromatic nitrogens is 1. The number of amides is 3. The molecule has 1 aromatic heterocycles. The van der Waals surface area contributed by atoms with Gasteiger partial charge in [-0.15, -0.1) is 0 Å². The van der Waals surface area contributed by atoms with E-state index in [4.69, 9.17) is 5.73 Å². The first kappa shape index (κ1) is 36.2. The highest BCUT2D eigenvalue weighted by atomic mass is 32.2. The van der Waals surface area contributed by atoms with Crippen LogP contribution in [0.3, 0.4) is 0 Å². The van der Waals surface area contributed by atoms with Gasteiger partial charge in [0.15, 0.2) is 0 Å². The van der Waals surface area contributed by atoms with Crippen molar-refractivity contribution < 1.29 is 27.9 Å². The van der Waals surface area contributed by atoms with Crippen molar-refractivity contribution in [1.29, 1.82) is 0 Å². The van der Waals surface area contributed by atoms with Gasteiger partial charge in [-0.05, 0) is 55.5 Å². The van der Waals surface area contributed by atoms with E-state index in [1.165, 1.54) is 22.5 Å². The molecule has 0 spiro atoms. The lowest BCUT2D eigenvalue weighted by atomic mass is 9.86. The zero-order chi connectivity index (χ0) is 34.9. The second-order valence-electron chi connectivity index (χ2n) is 12.5. The molecule has 5 N–H and O–H groups in total. The lowest BCUT2D eigenvalue weighted by molar-refractivity contribution is -0.128. The van der Waals surface area contributed by atoms with E-state index in [1.807, 2.05) is 56.3 Å². The quantitative estimate of drug-likeness (QED) is 0.141. The van der Waals surface area contributed by atoms with Gasteiger partial charge >= 0.3 is 0 Å². The van der Waals surface area contributed by atoms with E-state index in [0.29, 0.717) is 11.9 Å². The molecule has 3 atom stereocenters. The number of hydrogen-bond acceptors (Lipinski definition) is 7. The number of fused-ring (bicyclic) bond motifs is 1. The van der Waals surface area contributed by atoms with Crippen molar-refractivity contribution in [3.63, 3.8) is 0 Å². The lowest BCUT2D eigenvalue weighted by Crippen LogP contribution is -2.60. The molecule has 1 unspecified atom stereocenters. The van der Waals surface area contributed by atoms with Crippen molar-refractivity contribution in [3.05, 3.63) is 108 Å². The summed E-state index contributed by atoms with van der Waals surface area (Å²) in [6.07, 6.45) is -1.22. The van der Waals surface area contributed by atoms with E-state index in [2.05, 4.69) is 15.6 Å². The number of carbonyl (C=O) groups is 3. The number of para-hydroxylation sites is 1. The molecule has 3 aromatic carbocycles. The molecule has 0 aliphatic carbocycles. The van der Waals surface area contributed by atoms with E-state index in [-0.39, 0.29) is 36.0 Å². The summed E-state index contributed by atoms with van der Waals surface area (Å²) >= 11 is 0. The maximum absolute atomic E-state index is 13.7. The fraction of sp³-hybridized carbons (Fsp3) is 0.333. The third kappa shape index (κ3) is 9.46. The number of nitrogens with one attached hydrogen (secondary N) is 2. The summed E-state index contributed by atoms with van der Waals surface area (Å²) in [7, 11) is -3.99. The van der Waals surface area contributed by atoms with E-state index < -0.39 is 51.9 Å². The number of benzene rings is 3. The van der Waals surface area contributed by atoms with Gasteiger partial charge in [0, 0.05) is 18.5 Å². The van der Waals surface area contributed by atoms with Gasteiger partial charge in [-0.2, -0.15) is 4.31 Å². The highest BCUT2D eigenvalue weighted by molar-refractivity contribution is 7.89. The summed E-state index contributed by atoms with van der Waals surface area (Å²) < 4.78 is 28.7. The number of hydrogen-bond donors (Lipinski definition) is 4. The molecule has 11 nitrogen and oxygen atoms in total. The normalized spacial score (nSPS) is 14.3. The first-order valence-corrected chi connectivity index (χ1v) is 17.3. The SMILES string of the molecule is CC(C)CCN(C[C@@H](O)C(C)(Cc1ccccc1)NC(=O)C[C@H](NC(=O)c1ccc2ccccc2n1)C(N)=O)S(=O)(=O)c1ccccc1. The highest BCUT2D eigenvalue weighted by Crippen LogP contribution is 2.24.